The molecule has 0 bridgehead atoms. The fourth-order valence-corrected chi connectivity index (χ4v) is 2.62. The molecule has 0 saturated heterocycles. The van der Waals surface area contributed by atoms with E-state index in [0.29, 0.717) is 13.0 Å². The average Bonchev–Trinajstić information content (AvgIpc) is 2.81. The molecule has 0 amide bonds. The first-order chi connectivity index (χ1) is 10.1. The number of benzene rings is 1. The van der Waals surface area contributed by atoms with Crippen LogP contribution in [0.1, 0.15) is 43.7 Å². The Bertz CT molecular complexity index is 572. The predicted octanol–water partition coefficient (Wildman–Crippen LogP) is 3.20. The quantitative estimate of drug-likeness (QED) is 0.782. The molecule has 0 spiro atoms. The van der Waals surface area contributed by atoms with Crippen molar-refractivity contribution in [2.45, 2.75) is 39.0 Å². The first kappa shape index (κ1) is 15.3. The van der Waals surface area contributed by atoms with E-state index >= 15 is 0 Å². The average molecular weight is 288 g/mol. The second-order valence-electron chi connectivity index (χ2n) is 5.21. The van der Waals surface area contributed by atoms with E-state index in [9.17, 15) is 9.59 Å². The zero-order valence-electron chi connectivity index (χ0n) is 12.2. The van der Waals surface area contributed by atoms with Crippen molar-refractivity contribution in [2.24, 2.45) is 0 Å². The number of hydrogen-bond acceptors (Lipinski definition) is 3. The van der Waals surface area contributed by atoms with Crippen molar-refractivity contribution in [3.05, 3.63) is 41.0 Å². The molecule has 1 aliphatic carbocycles. The molecule has 0 radical (unpaired) electrons. The van der Waals surface area contributed by atoms with Crippen LogP contribution < -0.4 is 0 Å². The highest BCUT2D eigenvalue weighted by atomic mass is 16.5. The lowest BCUT2D eigenvalue weighted by atomic mass is 10.0. The number of carboxylic acid groups (broad SMARTS) is 1. The van der Waals surface area contributed by atoms with Crippen LogP contribution in [0.15, 0.2) is 29.8 Å². The minimum absolute atomic E-state index is 0.0941. The van der Waals surface area contributed by atoms with Gasteiger partial charge in [-0.25, -0.2) is 0 Å². The molecule has 112 valence electrons. The van der Waals surface area contributed by atoms with Gasteiger partial charge < -0.3 is 9.84 Å². The summed E-state index contributed by atoms with van der Waals surface area (Å²) < 4.78 is 5.15. The third-order valence-electron chi connectivity index (χ3n) is 3.60. The Morgan fingerprint density at radius 2 is 2.05 bits per heavy atom. The Morgan fingerprint density at radius 3 is 2.76 bits per heavy atom. The molecule has 4 nitrogen and oxygen atoms in total. The number of allylic oxidation sites excluding steroid dienone is 1. The highest BCUT2D eigenvalue weighted by Crippen LogP contribution is 2.37. The summed E-state index contributed by atoms with van der Waals surface area (Å²) in [6, 6.07) is 7.92. The molecule has 1 aromatic rings. The van der Waals surface area contributed by atoms with Gasteiger partial charge in [0.05, 0.1) is 13.0 Å². The Balaban J connectivity index is 2.17. The SMILES string of the molecule is CCCOC(=O)CC1=C(CCC(=O)O)Cc2ccccc21. The van der Waals surface area contributed by atoms with Crippen LogP contribution in [0.2, 0.25) is 0 Å². The first-order valence-corrected chi connectivity index (χ1v) is 7.28. The maximum atomic E-state index is 11.9. The molecule has 1 aromatic carbocycles. The molecule has 21 heavy (non-hydrogen) atoms. The lowest BCUT2D eigenvalue weighted by Gasteiger charge is -2.08. The lowest BCUT2D eigenvalue weighted by molar-refractivity contribution is -0.142. The zero-order valence-corrected chi connectivity index (χ0v) is 12.2. The second-order valence-corrected chi connectivity index (χ2v) is 5.21. The van der Waals surface area contributed by atoms with Gasteiger partial charge >= 0.3 is 11.9 Å². The largest absolute Gasteiger partial charge is 0.481 e. The number of ether oxygens (including phenoxy) is 1. The van der Waals surface area contributed by atoms with Crippen LogP contribution in [-0.4, -0.2) is 23.7 Å². The van der Waals surface area contributed by atoms with Gasteiger partial charge in [0.2, 0.25) is 0 Å². The first-order valence-electron chi connectivity index (χ1n) is 7.28. The molecule has 1 N–H and O–H groups in total. The minimum Gasteiger partial charge on any atom is -0.481 e. The van der Waals surface area contributed by atoms with Gasteiger partial charge in [-0.3, -0.25) is 9.59 Å². The van der Waals surface area contributed by atoms with Gasteiger partial charge in [-0.2, -0.15) is 0 Å². The van der Waals surface area contributed by atoms with Crippen molar-refractivity contribution < 1.29 is 19.4 Å². The van der Waals surface area contributed by atoms with Crippen molar-refractivity contribution >= 4 is 17.5 Å². The predicted molar refractivity (Wildman–Crippen MR) is 79.8 cm³/mol. The lowest BCUT2D eigenvalue weighted by Crippen LogP contribution is -2.06. The fraction of sp³-hybridized carbons (Fsp3) is 0.412. The number of fused-ring (bicyclic) bond motifs is 1. The summed E-state index contributed by atoms with van der Waals surface area (Å²) in [5.74, 6) is -1.05. The van der Waals surface area contributed by atoms with Crippen molar-refractivity contribution in [2.75, 3.05) is 6.61 Å². The number of carboxylic acids is 1. The molecule has 0 atom stereocenters. The summed E-state index contributed by atoms with van der Waals surface area (Å²) in [5.41, 5.74) is 4.22. The maximum absolute atomic E-state index is 11.9. The molecule has 0 aromatic heterocycles. The molecule has 0 aliphatic heterocycles. The van der Waals surface area contributed by atoms with Gasteiger partial charge in [0.25, 0.3) is 0 Å². The van der Waals surface area contributed by atoms with Gasteiger partial charge in [0.1, 0.15) is 0 Å². The molecule has 0 fully saturated rings. The number of rotatable bonds is 7. The molecule has 0 heterocycles. The molecule has 1 aliphatic rings. The standard InChI is InChI=1S/C17H20O4/c1-2-9-21-17(20)11-15-13(7-8-16(18)19)10-12-5-3-4-6-14(12)15/h3-6H,2,7-11H2,1H3,(H,18,19). The minimum atomic E-state index is -0.814. The van der Waals surface area contributed by atoms with Crippen molar-refractivity contribution in [3.8, 4) is 0 Å². The summed E-state index contributed by atoms with van der Waals surface area (Å²) in [4.78, 5) is 22.7. The maximum Gasteiger partial charge on any atom is 0.310 e. The smallest absolute Gasteiger partial charge is 0.310 e. The van der Waals surface area contributed by atoms with Gasteiger partial charge in [0, 0.05) is 6.42 Å². The summed E-state index contributed by atoms with van der Waals surface area (Å²) in [5, 5.41) is 8.86. The van der Waals surface area contributed by atoms with E-state index in [0.717, 1.165) is 35.1 Å². The van der Waals surface area contributed by atoms with Crippen LogP contribution in [-0.2, 0) is 20.7 Å². The Kier molecular flexibility index (Phi) is 5.14. The molecule has 0 saturated carbocycles. The normalized spacial score (nSPS) is 13.2. The van der Waals surface area contributed by atoms with Crippen LogP contribution in [0.3, 0.4) is 0 Å². The molecular formula is C17H20O4. The van der Waals surface area contributed by atoms with E-state index in [1.807, 2.05) is 31.2 Å². The topological polar surface area (TPSA) is 63.6 Å². The highest BCUT2D eigenvalue weighted by Gasteiger charge is 2.23. The van der Waals surface area contributed by atoms with E-state index in [1.165, 1.54) is 0 Å². The Hall–Kier alpha value is -2.10. The summed E-state index contributed by atoms with van der Waals surface area (Å²) >= 11 is 0. The highest BCUT2D eigenvalue weighted by molar-refractivity contribution is 5.89. The third kappa shape index (κ3) is 3.94. The van der Waals surface area contributed by atoms with E-state index < -0.39 is 5.97 Å². The van der Waals surface area contributed by atoms with E-state index in [1.54, 1.807) is 0 Å². The molecule has 4 heteroatoms. The fourth-order valence-electron chi connectivity index (χ4n) is 2.62. The van der Waals surface area contributed by atoms with E-state index in [2.05, 4.69) is 0 Å². The van der Waals surface area contributed by atoms with Crippen LogP contribution in [0.25, 0.3) is 5.57 Å². The van der Waals surface area contributed by atoms with Crippen molar-refractivity contribution in [1.29, 1.82) is 0 Å². The number of esters is 1. The van der Waals surface area contributed by atoms with Gasteiger partial charge in [-0.15, -0.1) is 0 Å². The van der Waals surface area contributed by atoms with Crippen molar-refractivity contribution in [1.82, 2.24) is 0 Å². The number of carbonyl (C=O) groups is 2. The summed E-state index contributed by atoms with van der Waals surface area (Å²) in [6.07, 6.45) is 2.34. The Morgan fingerprint density at radius 1 is 1.29 bits per heavy atom. The summed E-state index contributed by atoms with van der Waals surface area (Å²) in [6.45, 7) is 2.38. The zero-order chi connectivity index (χ0) is 15.2. The van der Waals surface area contributed by atoms with Crippen molar-refractivity contribution in [3.63, 3.8) is 0 Å². The molecular weight excluding hydrogens is 268 g/mol. The van der Waals surface area contributed by atoms with Crippen LogP contribution in [0.5, 0.6) is 0 Å². The number of aliphatic carboxylic acids is 1. The second kappa shape index (κ2) is 7.07. The van der Waals surface area contributed by atoms with Gasteiger partial charge in [0.15, 0.2) is 0 Å². The monoisotopic (exact) mass is 288 g/mol. The Labute approximate surface area is 124 Å². The number of carbonyl (C=O) groups excluding carboxylic acids is 1. The van der Waals surface area contributed by atoms with Crippen LogP contribution in [0, 0.1) is 0 Å². The molecule has 0 unspecified atom stereocenters. The van der Waals surface area contributed by atoms with E-state index in [-0.39, 0.29) is 18.8 Å². The van der Waals surface area contributed by atoms with Gasteiger partial charge in [-0.1, -0.05) is 36.8 Å². The molecule has 2 rings (SSSR count). The number of hydrogen-bond donors (Lipinski definition) is 1. The third-order valence-corrected chi connectivity index (χ3v) is 3.60. The summed E-state index contributed by atoms with van der Waals surface area (Å²) in [7, 11) is 0. The van der Waals surface area contributed by atoms with Crippen LogP contribution in [0.4, 0.5) is 0 Å². The van der Waals surface area contributed by atoms with E-state index in [4.69, 9.17) is 9.84 Å². The van der Waals surface area contributed by atoms with Crippen LogP contribution >= 0.6 is 0 Å². The van der Waals surface area contributed by atoms with Gasteiger partial charge in [-0.05, 0) is 36.0 Å².